The second-order valence-corrected chi connectivity index (χ2v) is 12.5. The van der Waals surface area contributed by atoms with Crippen molar-refractivity contribution in [2.24, 2.45) is 0 Å². The molecular weight excluding hydrogens is 324 g/mol. The Morgan fingerprint density at radius 3 is 2.50 bits per heavy atom. The van der Waals surface area contributed by atoms with Crippen LogP contribution in [0.15, 0.2) is 30.3 Å². The van der Waals surface area contributed by atoms with E-state index in [0.29, 0.717) is 12.2 Å². The number of aliphatic hydroxyl groups is 1. The first-order valence-electron chi connectivity index (χ1n) is 8.31. The molecule has 0 aromatic heterocycles. The van der Waals surface area contributed by atoms with Gasteiger partial charge in [0, 0.05) is 0 Å². The maximum Gasteiger partial charge on any atom is 0.338 e. The van der Waals surface area contributed by atoms with Gasteiger partial charge in [0.25, 0.3) is 0 Å². The number of esters is 1. The van der Waals surface area contributed by atoms with Crippen LogP contribution in [0, 0.1) is 0 Å². The molecule has 1 aliphatic heterocycles. The predicted molar refractivity (Wildman–Crippen MR) is 94.5 cm³/mol. The van der Waals surface area contributed by atoms with Crippen molar-refractivity contribution in [1.29, 1.82) is 0 Å². The van der Waals surface area contributed by atoms with E-state index in [2.05, 4.69) is 33.9 Å². The highest BCUT2D eigenvalue weighted by Crippen LogP contribution is 2.38. The molecule has 1 aromatic rings. The van der Waals surface area contributed by atoms with Crippen molar-refractivity contribution >= 4 is 14.3 Å². The Morgan fingerprint density at radius 1 is 1.29 bits per heavy atom. The van der Waals surface area contributed by atoms with Crippen LogP contribution in [0.5, 0.6) is 0 Å². The summed E-state index contributed by atoms with van der Waals surface area (Å²) in [4.78, 5) is 12.0. The number of benzene rings is 1. The molecule has 1 aliphatic rings. The summed E-state index contributed by atoms with van der Waals surface area (Å²) < 4.78 is 17.1. The fourth-order valence-electron chi connectivity index (χ4n) is 2.28. The Kier molecular flexibility index (Phi) is 5.85. The summed E-state index contributed by atoms with van der Waals surface area (Å²) in [7, 11) is -1.99. The Morgan fingerprint density at radius 2 is 1.92 bits per heavy atom. The highest BCUT2D eigenvalue weighted by Gasteiger charge is 2.45. The second-order valence-electron chi connectivity index (χ2n) is 7.74. The minimum absolute atomic E-state index is 0.0201. The van der Waals surface area contributed by atoms with E-state index in [4.69, 9.17) is 13.9 Å². The third-order valence-electron chi connectivity index (χ3n) is 4.88. The predicted octanol–water partition coefficient (Wildman–Crippen LogP) is 2.99. The zero-order chi connectivity index (χ0) is 18.0. The summed E-state index contributed by atoms with van der Waals surface area (Å²) in [6.45, 7) is 11.1. The molecule has 2 rings (SSSR count). The van der Waals surface area contributed by atoms with E-state index in [0.717, 1.165) is 0 Å². The lowest BCUT2D eigenvalue weighted by atomic mass is 10.1. The Bertz CT molecular complexity index is 552. The minimum atomic E-state index is -1.99. The molecule has 1 unspecified atom stereocenters. The molecule has 0 radical (unpaired) electrons. The van der Waals surface area contributed by atoms with E-state index in [9.17, 15) is 9.90 Å². The SMILES string of the molecule is CC(C)(C)[Si](C)(C)O[C@@H]1CO[C@H](COC(=O)c2ccccc2)C1O. The number of ether oxygens (including phenoxy) is 2. The summed E-state index contributed by atoms with van der Waals surface area (Å²) in [5.74, 6) is -0.417. The first-order chi connectivity index (χ1) is 11.1. The average molecular weight is 353 g/mol. The third kappa shape index (κ3) is 4.45. The molecule has 24 heavy (non-hydrogen) atoms. The van der Waals surface area contributed by atoms with Crippen molar-refractivity contribution in [1.82, 2.24) is 0 Å². The maximum atomic E-state index is 12.0. The van der Waals surface area contributed by atoms with Gasteiger partial charge in [0.1, 0.15) is 18.8 Å². The van der Waals surface area contributed by atoms with Gasteiger partial charge in [-0.15, -0.1) is 0 Å². The van der Waals surface area contributed by atoms with Crippen LogP contribution < -0.4 is 0 Å². The van der Waals surface area contributed by atoms with Crippen LogP contribution in [-0.4, -0.2) is 50.9 Å². The topological polar surface area (TPSA) is 65.0 Å². The molecule has 1 heterocycles. The van der Waals surface area contributed by atoms with Crippen LogP contribution in [0.2, 0.25) is 18.1 Å². The number of aliphatic hydroxyl groups excluding tert-OH is 1. The van der Waals surface area contributed by atoms with Crippen LogP contribution in [0.1, 0.15) is 31.1 Å². The molecule has 0 saturated carbocycles. The fourth-order valence-corrected chi connectivity index (χ4v) is 3.59. The molecular formula is C18H28O5Si. The Labute approximate surface area is 145 Å². The molecule has 0 bridgehead atoms. The van der Waals surface area contributed by atoms with E-state index in [1.54, 1.807) is 24.3 Å². The van der Waals surface area contributed by atoms with Gasteiger partial charge < -0.3 is 19.0 Å². The van der Waals surface area contributed by atoms with E-state index in [1.807, 2.05) is 6.07 Å². The normalized spacial score (nSPS) is 24.8. The van der Waals surface area contributed by atoms with Crippen LogP contribution in [0.4, 0.5) is 0 Å². The van der Waals surface area contributed by atoms with Crippen LogP contribution in [0.3, 0.4) is 0 Å². The number of carbonyl (C=O) groups is 1. The van der Waals surface area contributed by atoms with Gasteiger partial charge in [-0.2, -0.15) is 0 Å². The van der Waals surface area contributed by atoms with Gasteiger partial charge in [-0.25, -0.2) is 4.79 Å². The van der Waals surface area contributed by atoms with E-state index in [-0.39, 0.29) is 17.7 Å². The summed E-state index contributed by atoms with van der Waals surface area (Å²) >= 11 is 0. The smallest absolute Gasteiger partial charge is 0.338 e. The number of hydrogen-bond acceptors (Lipinski definition) is 5. The molecule has 3 atom stereocenters. The summed E-state index contributed by atoms with van der Waals surface area (Å²) in [6.07, 6.45) is -1.71. The average Bonchev–Trinajstić information content (AvgIpc) is 2.85. The van der Waals surface area contributed by atoms with E-state index < -0.39 is 26.5 Å². The lowest BCUT2D eigenvalue weighted by Gasteiger charge is -2.38. The van der Waals surface area contributed by atoms with Crippen LogP contribution >= 0.6 is 0 Å². The molecule has 1 aromatic carbocycles. The zero-order valence-electron chi connectivity index (χ0n) is 15.1. The summed E-state index contributed by atoms with van der Waals surface area (Å²) in [5, 5.41) is 10.5. The first-order valence-corrected chi connectivity index (χ1v) is 11.2. The standard InChI is InChI=1S/C18H28O5Si/c1-18(2,3)24(4,5)23-15-12-21-14(16(15)19)11-22-17(20)13-9-7-6-8-10-13/h6-10,14-16,19H,11-12H2,1-5H3/t14-,15-,16?/m1/s1. The van der Waals surface area contributed by atoms with Gasteiger partial charge >= 0.3 is 5.97 Å². The highest BCUT2D eigenvalue weighted by atomic mass is 28.4. The zero-order valence-corrected chi connectivity index (χ0v) is 16.1. The van der Waals surface area contributed by atoms with Crippen molar-refractivity contribution in [3.8, 4) is 0 Å². The number of hydrogen-bond donors (Lipinski definition) is 1. The monoisotopic (exact) mass is 352 g/mol. The molecule has 0 aliphatic carbocycles. The fraction of sp³-hybridized carbons (Fsp3) is 0.611. The second kappa shape index (κ2) is 7.35. The van der Waals surface area contributed by atoms with Crippen molar-refractivity contribution in [3.05, 3.63) is 35.9 Å². The van der Waals surface area contributed by atoms with Crippen molar-refractivity contribution in [2.75, 3.05) is 13.2 Å². The molecule has 0 spiro atoms. The highest BCUT2D eigenvalue weighted by molar-refractivity contribution is 6.74. The lowest BCUT2D eigenvalue weighted by molar-refractivity contribution is -0.0195. The van der Waals surface area contributed by atoms with E-state index >= 15 is 0 Å². The molecule has 6 heteroatoms. The van der Waals surface area contributed by atoms with Gasteiger partial charge in [0.2, 0.25) is 0 Å². The Hall–Kier alpha value is -1.21. The summed E-state index contributed by atoms with van der Waals surface area (Å²) in [6, 6.07) is 8.78. The molecule has 1 N–H and O–H groups in total. The van der Waals surface area contributed by atoms with Gasteiger partial charge in [-0.05, 0) is 30.3 Å². The molecule has 0 amide bonds. The summed E-state index contributed by atoms with van der Waals surface area (Å²) in [5.41, 5.74) is 0.485. The van der Waals surface area contributed by atoms with Gasteiger partial charge in [-0.1, -0.05) is 39.0 Å². The lowest BCUT2D eigenvalue weighted by Crippen LogP contribution is -2.47. The molecule has 5 nitrogen and oxygen atoms in total. The molecule has 134 valence electrons. The number of carbonyl (C=O) groups excluding carboxylic acids is 1. The van der Waals surface area contributed by atoms with Gasteiger partial charge in [-0.3, -0.25) is 0 Å². The minimum Gasteiger partial charge on any atom is -0.459 e. The van der Waals surface area contributed by atoms with Gasteiger partial charge in [0.15, 0.2) is 8.32 Å². The van der Waals surface area contributed by atoms with Crippen molar-refractivity contribution in [3.63, 3.8) is 0 Å². The van der Waals surface area contributed by atoms with Crippen molar-refractivity contribution < 1.29 is 23.8 Å². The molecule has 1 saturated heterocycles. The first kappa shape index (κ1) is 19.1. The Balaban J connectivity index is 1.88. The third-order valence-corrected chi connectivity index (χ3v) is 9.38. The largest absolute Gasteiger partial charge is 0.459 e. The van der Waals surface area contributed by atoms with E-state index in [1.165, 1.54) is 0 Å². The number of rotatable bonds is 5. The van der Waals surface area contributed by atoms with Crippen LogP contribution in [0.25, 0.3) is 0 Å². The van der Waals surface area contributed by atoms with Crippen LogP contribution in [-0.2, 0) is 13.9 Å². The quantitative estimate of drug-likeness (QED) is 0.652. The van der Waals surface area contributed by atoms with Crippen molar-refractivity contribution in [2.45, 2.75) is 57.2 Å². The molecule has 1 fully saturated rings. The maximum absolute atomic E-state index is 12.0. The van der Waals surface area contributed by atoms with Gasteiger partial charge in [0.05, 0.1) is 18.3 Å².